The Labute approximate surface area is 171 Å². The summed E-state index contributed by atoms with van der Waals surface area (Å²) >= 11 is 1.52. The van der Waals surface area contributed by atoms with Gasteiger partial charge in [0.15, 0.2) is 0 Å². The summed E-state index contributed by atoms with van der Waals surface area (Å²) in [6.07, 6.45) is 0. The van der Waals surface area contributed by atoms with Crippen molar-refractivity contribution in [3.63, 3.8) is 0 Å². The lowest BCUT2D eigenvalue weighted by molar-refractivity contribution is -0.122. The van der Waals surface area contributed by atoms with Gasteiger partial charge in [0.1, 0.15) is 12.4 Å². The monoisotopic (exact) mass is 407 g/mol. The van der Waals surface area contributed by atoms with Crippen LogP contribution in [0.4, 0.5) is 4.39 Å². The van der Waals surface area contributed by atoms with E-state index in [0.717, 1.165) is 21.6 Å². The van der Waals surface area contributed by atoms with E-state index in [1.165, 1.54) is 28.3 Å². The Hall–Kier alpha value is -3.39. The molecule has 0 radical (unpaired) electrons. The van der Waals surface area contributed by atoms with Crippen LogP contribution in [-0.2, 0) is 11.3 Å². The number of tetrazole rings is 1. The van der Waals surface area contributed by atoms with Gasteiger partial charge >= 0.3 is 0 Å². The Morgan fingerprint density at radius 2 is 1.93 bits per heavy atom. The average Bonchev–Trinajstić information content (AvgIpc) is 3.40. The zero-order valence-electron chi connectivity index (χ0n) is 15.6. The van der Waals surface area contributed by atoms with Crippen molar-refractivity contribution in [1.82, 2.24) is 25.5 Å². The fraction of sp³-hybridized carbons (Fsp3) is 0.143. The molecular formula is C21H18FN5OS. The molecule has 2 heterocycles. The van der Waals surface area contributed by atoms with Crippen LogP contribution in [0.3, 0.4) is 0 Å². The number of rotatable bonds is 6. The Morgan fingerprint density at radius 1 is 1.14 bits per heavy atom. The number of nitrogens with one attached hydrogen (secondary N) is 1. The fourth-order valence-corrected chi connectivity index (χ4v) is 3.81. The largest absolute Gasteiger partial charge is 0.343 e. The second-order valence-electron chi connectivity index (χ2n) is 6.53. The molecule has 0 aliphatic carbocycles. The molecule has 2 aromatic heterocycles. The van der Waals surface area contributed by atoms with Gasteiger partial charge in [-0.15, -0.1) is 21.5 Å². The lowest BCUT2D eigenvalue weighted by Gasteiger charge is -2.18. The lowest BCUT2D eigenvalue weighted by Crippen LogP contribution is -2.32. The average molecular weight is 407 g/mol. The molecular weight excluding hydrogens is 389 g/mol. The summed E-state index contributed by atoms with van der Waals surface area (Å²) < 4.78 is 13.3. The van der Waals surface area contributed by atoms with Crippen LogP contribution < -0.4 is 5.32 Å². The number of aryl methyl sites for hydroxylation is 1. The standard InChI is InChI=1S/C21H18FN5OS/c1-14-5-2-3-6-17(14)21-24-26-27(25-21)13-19(28)23-20(18-7-4-12-29-18)15-8-10-16(22)11-9-15/h2-12,20H,13H2,1H3,(H,23,28). The van der Waals surface area contributed by atoms with Crippen LogP contribution in [0.1, 0.15) is 22.0 Å². The predicted octanol–water partition coefficient (Wildman–Crippen LogP) is 3.75. The summed E-state index contributed by atoms with van der Waals surface area (Å²) in [6, 6.07) is 17.3. The minimum Gasteiger partial charge on any atom is -0.343 e. The molecule has 4 aromatic rings. The molecule has 1 unspecified atom stereocenters. The number of nitrogens with zero attached hydrogens (tertiary/aromatic N) is 4. The third kappa shape index (κ3) is 4.38. The maximum Gasteiger partial charge on any atom is 0.244 e. The summed E-state index contributed by atoms with van der Waals surface area (Å²) in [6.45, 7) is 1.90. The molecule has 1 atom stereocenters. The van der Waals surface area contributed by atoms with Crippen molar-refractivity contribution in [3.8, 4) is 11.4 Å². The first kappa shape index (κ1) is 18.9. The molecule has 0 aliphatic rings. The first-order chi connectivity index (χ1) is 14.1. The van der Waals surface area contributed by atoms with Crippen molar-refractivity contribution < 1.29 is 9.18 Å². The van der Waals surface area contributed by atoms with Gasteiger partial charge in [-0.3, -0.25) is 4.79 Å². The van der Waals surface area contributed by atoms with Crippen molar-refractivity contribution in [1.29, 1.82) is 0 Å². The van der Waals surface area contributed by atoms with Crippen molar-refractivity contribution in [2.24, 2.45) is 0 Å². The van der Waals surface area contributed by atoms with Gasteiger partial charge in [0.05, 0.1) is 6.04 Å². The van der Waals surface area contributed by atoms with E-state index in [4.69, 9.17) is 0 Å². The molecule has 1 amide bonds. The summed E-state index contributed by atoms with van der Waals surface area (Å²) in [5.41, 5.74) is 2.71. The maximum absolute atomic E-state index is 13.3. The third-order valence-electron chi connectivity index (χ3n) is 4.46. The second kappa shape index (κ2) is 8.32. The van der Waals surface area contributed by atoms with Gasteiger partial charge in [-0.2, -0.15) is 4.80 Å². The van der Waals surface area contributed by atoms with Gasteiger partial charge in [-0.1, -0.05) is 42.5 Å². The van der Waals surface area contributed by atoms with Crippen LogP contribution in [0.5, 0.6) is 0 Å². The maximum atomic E-state index is 13.3. The quantitative estimate of drug-likeness (QED) is 0.528. The van der Waals surface area contributed by atoms with E-state index < -0.39 is 0 Å². The second-order valence-corrected chi connectivity index (χ2v) is 7.51. The first-order valence-electron chi connectivity index (χ1n) is 9.02. The van der Waals surface area contributed by atoms with Crippen LogP contribution in [-0.4, -0.2) is 26.1 Å². The number of thiophene rings is 1. The zero-order chi connectivity index (χ0) is 20.2. The van der Waals surface area contributed by atoms with Crippen LogP contribution >= 0.6 is 11.3 Å². The van der Waals surface area contributed by atoms with E-state index in [-0.39, 0.29) is 24.3 Å². The smallest absolute Gasteiger partial charge is 0.244 e. The number of carbonyl (C=O) groups is 1. The molecule has 2 aromatic carbocycles. The third-order valence-corrected chi connectivity index (χ3v) is 5.40. The van der Waals surface area contributed by atoms with E-state index in [2.05, 4.69) is 20.7 Å². The molecule has 0 saturated carbocycles. The Bertz CT molecular complexity index is 1110. The normalized spacial score (nSPS) is 11.9. The molecule has 29 heavy (non-hydrogen) atoms. The molecule has 146 valence electrons. The number of amides is 1. The Kier molecular flexibility index (Phi) is 5.44. The number of benzene rings is 2. The highest BCUT2D eigenvalue weighted by Crippen LogP contribution is 2.26. The first-order valence-corrected chi connectivity index (χ1v) is 9.90. The zero-order valence-corrected chi connectivity index (χ0v) is 16.4. The SMILES string of the molecule is Cc1ccccc1-c1nnn(CC(=O)NC(c2ccc(F)cc2)c2cccs2)n1. The summed E-state index contributed by atoms with van der Waals surface area (Å²) in [7, 11) is 0. The van der Waals surface area contributed by atoms with Crippen LogP contribution in [0.2, 0.25) is 0 Å². The topological polar surface area (TPSA) is 72.7 Å². The van der Waals surface area contributed by atoms with E-state index in [9.17, 15) is 9.18 Å². The summed E-state index contributed by atoms with van der Waals surface area (Å²) in [5.74, 6) is -0.105. The van der Waals surface area contributed by atoms with E-state index in [1.807, 2.05) is 48.7 Å². The van der Waals surface area contributed by atoms with Crippen molar-refractivity contribution in [3.05, 3.63) is 87.9 Å². The van der Waals surface area contributed by atoms with Gasteiger partial charge in [0.25, 0.3) is 0 Å². The van der Waals surface area contributed by atoms with Crippen molar-refractivity contribution in [2.45, 2.75) is 19.5 Å². The number of hydrogen-bond donors (Lipinski definition) is 1. The summed E-state index contributed by atoms with van der Waals surface area (Å²) in [4.78, 5) is 14.9. The van der Waals surface area contributed by atoms with E-state index in [1.54, 1.807) is 12.1 Å². The number of carbonyl (C=O) groups excluding carboxylic acids is 1. The highest BCUT2D eigenvalue weighted by molar-refractivity contribution is 7.10. The molecule has 8 heteroatoms. The molecule has 0 saturated heterocycles. The van der Waals surface area contributed by atoms with E-state index >= 15 is 0 Å². The minimum atomic E-state index is -0.373. The fourth-order valence-electron chi connectivity index (χ4n) is 3.01. The van der Waals surface area contributed by atoms with Crippen molar-refractivity contribution >= 4 is 17.2 Å². The van der Waals surface area contributed by atoms with Gasteiger partial charge in [0.2, 0.25) is 11.7 Å². The molecule has 0 spiro atoms. The number of hydrogen-bond acceptors (Lipinski definition) is 5. The van der Waals surface area contributed by atoms with Gasteiger partial charge in [0, 0.05) is 10.4 Å². The highest BCUT2D eigenvalue weighted by Gasteiger charge is 2.19. The van der Waals surface area contributed by atoms with Gasteiger partial charge in [-0.05, 0) is 46.8 Å². The Balaban J connectivity index is 1.50. The van der Waals surface area contributed by atoms with Crippen LogP contribution in [0.15, 0.2) is 66.0 Å². The van der Waals surface area contributed by atoms with Crippen LogP contribution in [0, 0.1) is 12.7 Å². The minimum absolute atomic E-state index is 0.0675. The van der Waals surface area contributed by atoms with Gasteiger partial charge in [-0.25, -0.2) is 4.39 Å². The highest BCUT2D eigenvalue weighted by atomic mass is 32.1. The molecule has 1 N–H and O–H groups in total. The van der Waals surface area contributed by atoms with Crippen LogP contribution in [0.25, 0.3) is 11.4 Å². The number of halogens is 1. The summed E-state index contributed by atoms with van der Waals surface area (Å²) in [5, 5.41) is 17.3. The predicted molar refractivity (Wildman–Crippen MR) is 109 cm³/mol. The molecule has 0 bridgehead atoms. The lowest BCUT2D eigenvalue weighted by atomic mass is 10.1. The molecule has 0 fully saturated rings. The van der Waals surface area contributed by atoms with Gasteiger partial charge < -0.3 is 5.32 Å². The van der Waals surface area contributed by atoms with E-state index in [0.29, 0.717) is 5.82 Å². The van der Waals surface area contributed by atoms with Crippen molar-refractivity contribution in [2.75, 3.05) is 0 Å². The molecule has 6 nitrogen and oxygen atoms in total. The molecule has 0 aliphatic heterocycles. The number of aromatic nitrogens is 4. The molecule has 4 rings (SSSR count). The Morgan fingerprint density at radius 3 is 2.66 bits per heavy atom.